The first-order valence-corrected chi connectivity index (χ1v) is 6.71. The van der Waals surface area contributed by atoms with Crippen LogP contribution in [0.3, 0.4) is 0 Å². The highest BCUT2D eigenvalue weighted by Crippen LogP contribution is 2.42. The fourth-order valence-electron chi connectivity index (χ4n) is 2.14. The second kappa shape index (κ2) is 3.58. The van der Waals surface area contributed by atoms with Gasteiger partial charge in [0.05, 0.1) is 4.75 Å². The summed E-state index contributed by atoms with van der Waals surface area (Å²) in [4.78, 5) is 0. The quantitative estimate of drug-likeness (QED) is 0.739. The van der Waals surface area contributed by atoms with Crippen molar-refractivity contribution in [1.29, 1.82) is 0 Å². The van der Waals surface area contributed by atoms with Gasteiger partial charge in [-0.25, -0.2) is 8.42 Å². The highest BCUT2D eigenvalue weighted by molar-refractivity contribution is 7.92. The summed E-state index contributed by atoms with van der Waals surface area (Å²) in [5, 5.41) is 3.14. The van der Waals surface area contributed by atoms with Crippen molar-refractivity contribution in [1.82, 2.24) is 5.32 Å². The van der Waals surface area contributed by atoms with E-state index in [1.807, 2.05) is 6.92 Å². The third kappa shape index (κ3) is 2.05. The van der Waals surface area contributed by atoms with E-state index in [0.29, 0.717) is 12.5 Å². The molecule has 0 heterocycles. The summed E-state index contributed by atoms with van der Waals surface area (Å²) in [6, 6.07) is 0. The molecule has 1 fully saturated rings. The van der Waals surface area contributed by atoms with Gasteiger partial charge in [0.15, 0.2) is 9.84 Å². The van der Waals surface area contributed by atoms with E-state index in [-0.39, 0.29) is 0 Å². The zero-order valence-electron chi connectivity index (χ0n) is 8.63. The lowest BCUT2D eigenvalue weighted by Gasteiger charge is -2.44. The Labute approximate surface area is 80.8 Å². The van der Waals surface area contributed by atoms with Crippen molar-refractivity contribution in [3.8, 4) is 0 Å². The normalized spacial score (nSPS) is 34.2. The maximum atomic E-state index is 11.5. The summed E-state index contributed by atoms with van der Waals surface area (Å²) in [5.41, 5.74) is 0. The van der Waals surface area contributed by atoms with Crippen molar-refractivity contribution in [3.63, 3.8) is 0 Å². The predicted molar refractivity (Wildman–Crippen MR) is 54.5 cm³/mol. The van der Waals surface area contributed by atoms with E-state index in [2.05, 4.69) is 12.2 Å². The third-order valence-electron chi connectivity index (χ3n) is 2.92. The Balaban J connectivity index is 2.68. The van der Waals surface area contributed by atoms with Crippen LogP contribution in [0.4, 0.5) is 0 Å². The van der Waals surface area contributed by atoms with E-state index in [9.17, 15) is 8.42 Å². The van der Waals surface area contributed by atoms with Gasteiger partial charge in [0.1, 0.15) is 0 Å². The SMILES string of the molecule is CCNCC1(S(C)(=O)=O)CC(C)C1. The van der Waals surface area contributed by atoms with E-state index in [0.717, 1.165) is 19.4 Å². The van der Waals surface area contributed by atoms with Crippen molar-refractivity contribution in [2.75, 3.05) is 19.3 Å². The molecule has 0 radical (unpaired) electrons. The molecule has 0 unspecified atom stereocenters. The van der Waals surface area contributed by atoms with E-state index < -0.39 is 14.6 Å². The monoisotopic (exact) mass is 205 g/mol. The summed E-state index contributed by atoms with van der Waals surface area (Å²) in [6.07, 6.45) is 2.99. The Morgan fingerprint density at radius 2 is 2.00 bits per heavy atom. The molecule has 0 atom stereocenters. The number of nitrogens with one attached hydrogen (secondary N) is 1. The first-order valence-electron chi connectivity index (χ1n) is 4.81. The van der Waals surface area contributed by atoms with Gasteiger partial charge in [-0.2, -0.15) is 0 Å². The highest BCUT2D eigenvalue weighted by Gasteiger charge is 2.49. The Hall–Kier alpha value is -0.0900. The van der Waals surface area contributed by atoms with Crippen molar-refractivity contribution >= 4 is 9.84 Å². The first-order chi connectivity index (χ1) is 5.91. The molecule has 0 aliphatic heterocycles. The Bertz CT molecular complexity index is 265. The minimum atomic E-state index is -2.90. The first kappa shape index (κ1) is 11.0. The van der Waals surface area contributed by atoms with Gasteiger partial charge in [-0.15, -0.1) is 0 Å². The summed E-state index contributed by atoms with van der Waals surface area (Å²) in [5.74, 6) is 0.563. The standard InChI is InChI=1S/C9H19NO2S/c1-4-10-7-9(13(3,11)12)5-8(2)6-9/h8,10H,4-7H2,1-3H3. The second-order valence-corrected chi connectivity index (χ2v) is 6.66. The van der Waals surface area contributed by atoms with Crippen molar-refractivity contribution in [2.24, 2.45) is 5.92 Å². The van der Waals surface area contributed by atoms with Crippen LogP contribution < -0.4 is 5.32 Å². The van der Waals surface area contributed by atoms with E-state index in [1.165, 1.54) is 6.26 Å². The van der Waals surface area contributed by atoms with Crippen molar-refractivity contribution in [3.05, 3.63) is 0 Å². The Kier molecular flexibility index (Phi) is 3.02. The van der Waals surface area contributed by atoms with Crippen molar-refractivity contribution < 1.29 is 8.42 Å². The maximum absolute atomic E-state index is 11.5. The van der Waals surface area contributed by atoms with Gasteiger partial charge >= 0.3 is 0 Å². The molecule has 4 heteroatoms. The van der Waals surface area contributed by atoms with Gasteiger partial charge in [0.25, 0.3) is 0 Å². The van der Waals surface area contributed by atoms with Crippen LogP contribution in [0.15, 0.2) is 0 Å². The second-order valence-electron chi connectivity index (χ2n) is 4.25. The third-order valence-corrected chi connectivity index (χ3v) is 4.98. The van der Waals surface area contributed by atoms with Gasteiger partial charge < -0.3 is 5.32 Å². The maximum Gasteiger partial charge on any atom is 0.154 e. The minimum absolute atomic E-state index is 0.456. The average molecular weight is 205 g/mol. The number of hydrogen-bond acceptors (Lipinski definition) is 3. The van der Waals surface area contributed by atoms with Crippen LogP contribution in [-0.2, 0) is 9.84 Å². The van der Waals surface area contributed by atoms with E-state index >= 15 is 0 Å². The molecular formula is C9H19NO2S. The molecule has 1 saturated carbocycles. The molecule has 0 saturated heterocycles. The molecule has 1 N–H and O–H groups in total. The van der Waals surface area contributed by atoms with E-state index in [1.54, 1.807) is 0 Å². The zero-order valence-corrected chi connectivity index (χ0v) is 9.45. The van der Waals surface area contributed by atoms with Crippen LogP contribution in [-0.4, -0.2) is 32.5 Å². The summed E-state index contributed by atoms with van der Waals surface area (Å²) >= 11 is 0. The molecule has 0 aromatic heterocycles. The fraction of sp³-hybridized carbons (Fsp3) is 1.00. The predicted octanol–water partition coefficient (Wildman–Crippen LogP) is 0.809. The molecule has 0 amide bonds. The van der Waals surface area contributed by atoms with Crippen LogP contribution in [0, 0.1) is 5.92 Å². The fourth-order valence-corrected chi connectivity index (χ4v) is 3.68. The van der Waals surface area contributed by atoms with Gasteiger partial charge in [0.2, 0.25) is 0 Å². The average Bonchev–Trinajstić information content (AvgIpc) is 1.93. The Morgan fingerprint density at radius 3 is 2.31 bits per heavy atom. The lowest BCUT2D eigenvalue weighted by molar-refractivity contribution is 0.231. The molecule has 0 aromatic rings. The molecule has 0 bridgehead atoms. The number of sulfone groups is 1. The van der Waals surface area contributed by atoms with Crippen LogP contribution in [0.25, 0.3) is 0 Å². The number of hydrogen-bond donors (Lipinski definition) is 1. The molecule has 13 heavy (non-hydrogen) atoms. The van der Waals surface area contributed by atoms with Crippen LogP contribution >= 0.6 is 0 Å². The van der Waals surface area contributed by atoms with Crippen LogP contribution in [0.1, 0.15) is 26.7 Å². The van der Waals surface area contributed by atoms with E-state index in [4.69, 9.17) is 0 Å². The summed E-state index contributed by atoms with van der Waals surface area (Å²) in [7, 11) is -2.90. The summed E-state index contributed by atoms with van der Waals surface area (Å²) < 4.78 is 22.6. The van der Waals surface area contributed by atoms with Gasteiger partial charge in [0, 0.05) is 12.8 Å². The molecule has 3 nitrogen and oxygen atoms in total. The molecule has 1 rings (SSSR count). The van der Waals surface area contributed by atoms with Crippen LogP contribution in [0.5, 0.6) is 0 Å². The molecule has 78 valence electrons. The lowest BCUT2D eigenvalue weighted by Crippen LogP contribution is -2.55. The minimum Gasteiger partial charge on any atom is -0.315 e. The summed E-state index contributed by atoms with van der Waals surface area (Å²) in [6.45, 7) is 5.56. The van der Waals surface area contributed by atoms with Gasteiger partial charge in [-0.05, 0) is 25.3 Å². The largest absolute Gasteiger partial charge is 0.315 e. The number of rotatable bonds is 4. The zero-order chi connectivity index (χ0) is 10.1. The van der Waals surface area contributed by atoms with Crippen LogP contribution in [0.2, 0.25) is 0 Å². The molecular weight excluding hydrogens is 186 g/mol. The molecule has 1 aliphatic carbocycles. The van der Waals surface area contributed by atoms with Gasteiger partial charge in [-0.3, -0.25) is 0 Å². The topological polar surface area (TPSA) is 46.2 Å². The molecule has 0 aromatic carbocycles. The Morgan fingerprint density at radius 1 is 1.46 bits per heavy atom. The van der Waals surface area contributed by atoms with Crippen molar-refractivity contribution in [2.45, 2.75) is 31.4 Å². The molecule has 0 spiro atoms. The highest BCUT2D eigenvalue weighted by atomic mass is 32.2. The lowest BCUT2D eigenvalue weighted by atomic mass is 9.75. The van der Waals surface area contributed by atoms with Gasteiger partial charge in [-0.1, -0.05) is 13.8 Å². The smallest absolute Gasteiger partial charge is 0.154 e. The molecule has 1 aliphatic rings.